The summed E-state index contributed by atoms with van der Waals surface area (Å²) in [6, 6.07) is 0. The van der Waals surface area contributed by atoms with Gasteiger partial charge in [-0.25, -0.2) is 0 Å². The fourth-order valence-electron chi connectivity index (χ4n) is 1.86. The molecule has 0 aliphatic carbocycles. The highest BCUT2D eigenvalue weighted by Crippen LogP contribution is 2.26. The zero-order valence-corrected chi connectivity index (χ0v) is 8.70. The van der Waals surface area contributed by atoms with Gasteiger partial charge in [-0.3, -0.25) is 0 Å². The van der Waals surface area contributed by atoms with Crippen LogP contribution >= 0.6 is 0 Å². The van der Waals surface area contributed by atoms with E-state index >= 15 is 0 Å². The van der Waals surface area contributed by atoms with Crippen LogP contribution in [0.4, 0.5) is 0 Å². The summed E-state index contributed by atoms with van der Waals surface area (Å²) in [4.78, 5) is 0. The first-order valence-corrected chi connectivity index (χ1v) is 4.83. The van der Waals surface area contributed by atoms with Gasteiger partial charge in [0.1, 0.15) is 0 Å². The van der Waals surface area contributed by atoms with E-state index in [0.717, 1.165) is 5.92 Å². The zero-order valence-electron chi connectivity index (χ0n) is 8.70. The summed E-state index contributed by atoms with van der Waals surface area (Å²) in [6.45, 7) is 9.14. The fraction of sp³-hybridized carbons (Fsp3) is 1.00. The fourth-order valence-corrected chi connectivity index (χ4v) is 1.86. The minimum atomic E-state index is 0.351. The van der Waals surface area contributed by atoms with Gasteiger partial charge in [0.15, 0.2) is 0 Å². The molecule has 0 aliphatic rings. The highest BCUT2D eigenvalue weighted by Gasteiger charge is 2.27. The minimum absolute atomic E-state index is 0.351. The van der Waals surface area contributed by atoms with Crippen molar-refractivity contribution in [1.82, 2.24) is 5.32 Å². The molecule has 0 aromatic heterocycles. The molecule has 0 spiro atoms. The number of rotatable bonds is 5. The maximum absolute atomic E-state index is 3.43. The molecule has 0 rings (SSSR count). The van der Waals surface area contributed by atoms with Crippen LogP contribution in [0.5, 0.6) is 0 Å². The highest BCUT2D eigenvalue weighted by atomic mass is 14.9. The second-order valence-electron chi connectivity index (χ2n) is 3.53. The first-order chi connectivity index (χ1) is 5.14. The van der Waals surface area contributed by atoms with Gasteiger partial charge in [-0.1, -0.05) is 33.6 Å². The van der Waals surface area contributed by atoms with Crippen molar-refractivity contribution in [2.75, 3.05) is 7.05 Å². The second-order valence-corrected chi connectivity index (χ2v) is 3.53. The van der Waals surface area contributed by atoms with Crippen molar-refractivity contribution >= 4 is 0 Å². The van der Waals surface area contributed by atoms with Crippen molar-refractivity contribution < 1.29 is 0 Å². The maximum atomic E-state index is 3.43. The molecule has 0 aromatic carbocycles. The quantitative estimate of drug-likeness (QED) is 0.647. The summed E-state index contributed by atoms with van der Waals surface area (Å²) >= 11 is 0. The van der Waals surface area contributed by atoms with Crippen LogP contribution in [-0.4, -0.2) is 12.6 Å². The van der Waals surface area contributed by atoms with Crippen LogP contribution < -0.4 is 5.32 Å². The Morgan fingerprint density at radius 1 is 1.18 bits per heavy atom. The molecule has 1 unspecified atom stereocenters. The molecule has 0 aromatic rings. The number of nitrogens with one attached hydrogen (secondary N) is 1. The Hall–Kier alpha value is -0.0400. The summed E-state index contributed by atoms with van der Waals surface area (Å²) in [7, 11) is 2.07. The molecule has 1 atom stereocenters. The van der Waals surface area contributed by atoms with Crippen LogP contribution in [0.3, 0.4) is 0 Å². The summed E-state index contributed by atoms with van der Waals surface area (Å²) < 4.78 is 0. The number of hydrogen-bond donors (Lipinski definition) is 1. The van der Waals surface area contributed by atoms with E-state index in [0.29, 0.717) is 5.54 Å². The Morgan fingerprint density at radius 2 is 1.64 bits per heavy atom. The lowest BCUT2D eigenvalue weighted by molar-refractivity contribution is 0.222. The largest absolute Gasteiger partial charge is 0.314 e. The molecule has 0 bridgehead atoms. The molecular weight excluding hydrogens is 134 g/mol. The molecule has 1 N–H and O–H groups in total. The molecule has 1 heteroatoms. The molecule has 1 nitrogen and oxygen atoms in total. The topological polar surface area (TPSA) is 12.0 Å². The van der Waals surface area contributed by atoms with E-state index in [1.165, 1.54) is 19.3 Å². The van der Waals surface area contributed by atoms with Gasteiger partial charge in [-0.15, -0.1) is 0 Å². The summed E-state index contributed by atoms with van der Waals surface area (Å²) in [5.41, 5.74) is 0.351. The molecule has 0 radical (unpaired) electrons. The molecule has 11 heavy (non-hydrogen) atoms. The standard InChI is InChI=1S/C10H23N/c1-6-9(7-2)10(4,8-3)11-5/h9,11H,6-8H2,1-5H3. The van der Waals surface area contributed by atoms with Crippen molar-refractivity contribution in [3.63, 3.8) is 0 Å². The van der Waals surface area contributed by atoms with E-state index in [4.69, 9.17) is 0 Å². The molecule has 0 saturated carbocycles. The molecule has 0 saturated heterocycles. The van der Waals surface area contributed by atoms with Crippen LogP contribution in [0.25, 0.3) is 0 Å². The van der Waals surface area contributed by atoms with Crippen LogP contribution in [0, 0.1) is 5.92 Å². The lowest BCUT2D eigenvalue weighted by Crippen LogP contribution is -2.45. The lowest BCUT2D eigenvalue weighted by atomic mass is 9.80. The van der Waals surface area contributed by atoms with E-state index in [1.807, 2.05) is 0 Å². The third kappa shape index (κ3) is 2.48. The first kappa shape index (κ1) is 11.0. The average Bonchev–Trinajstić information content (AvgIpc) is 2.06. The normalized spacial score (nSPS) is 16.9. The minimum Gasteiger partial charge on any atom is -0.314 e. The second kappa shape index (κ2) is 4.76. The SMILES string of the molecule is CCC(CC)C(C)(CC)NC. The van der Waals surface area contributed by atoms with Gasteiger partial charge in [-0.2, -0.15) is 0 Å². The van der Waals surface area contributed by atoms with Gasteiger partial charge in [0.05, 0.1) is 0 Å². The van der Waals surface area contributed by atoms with Gasteiger partial charge >= 0.3 is 0 Å². The molecule has 0 heterocycles. The van der Waals surface area contributed by atoms with Crippen LogP contribution in [0.15, 0.2) is 0 Å². The number of hydrogen-bond acceptors (Lipinski definition) is 1. The maximum Gasteiger partial charge on any atom is 0.0175 e. The third-order valence-corrected chi connectivity index (χ3v) is 3.19. The molecule has 0 aliphatic heterocycles. The predicted molar refractivity (Wildman–Crippen MR) is 51.8 cm³/mol. The van der Waals surface area contributed by atoms with E-state index in [9.17, 15) is 0 Å². The van der Waals surface area contributed by atoms with Crippen molar-refractivity contribution in [3.05, 3.63) is 0 Å². The lowest BCUT2D eigenvalue weighted by Gasteiger charge is -2.36. The molecule has 0 amide bonds. The summed E-state index contributed by atoms with van der Waals surface area (Å²) in [5, 5.41) is 3.43. The van der Waals surface area contributed by atoms with Gasteiger partial charge in [0, 0.05) is 5.54 Å². The Labute approximate surface area is 71.6 Å². The van der Waals surface area contributed by atoms with Gasteiger partial charge in [-0.05, 0) is 26.3 Å². The Bertz CT molecular complexity index is 91.0. The summed E-state index contributed by atoms with van der Waals surface area (Å²) in [5.74, 6) is 0.817. The van der Waals surface area contributed by atoms with Crippen molar-refractivity contribution in [2.45, 2.75) is 52.5 Å². The van der Waals surface area contributed by atoms with Crippen LogP contribution in [0.2, 0.25) is 0 Å². The predicted octanol–water partition coefficient (Wildman–Crippen LogP) is 2.81. The molecule has 0 fully saturated rings. The van der Waals surface area contributed by atoms with E-state index in [1.54, 1.807) is 0 Å². The Morgan fingerprint density at radius 3 is 1.73 bits per heavy atom. The summed E-state index contributed by atoms with van der Waals surface area (Å²) in [6.07, 6.45) is 3.78. The van der Waals surface area contributed by atoms with Crippen LogP contribution in [0.1, 0.15) is 47.0 Å². The van der Waals surface area contributed by atoms with Crippen LogP contribution in [-0.2, 0) is 0 Å². The molecular formula is C10H23N. The van der Waals surface area contributed by atoms with Gasteiger partial charge in [0.2, 0.25) is 0 Å². The van der Waals surface area contributed by atoms with E-state index < -0.39 is 0 Å². The first-order valence-electron chi connectivity index (χ1n) is 4.83. The van der Waals surface area contributed by atoms with Crippen molar-refractivity contribution in [3.8, 4) is 0 Å². The molecule has 68 valence electrons. The van der Waals surface area contributed by atoms with Gasteiger partial charge in [0.25, 0.3) is 0 Å². The van der Waals surface area contributed by atoms with E-state index in [2.05, 4.69) is 40.1 Å². The van der Waals surface area contributed by atoms with Crippen molar-refractivity contribution in [2.24, 2.45) is 5.92 Å². The Kier molecular flexibility index (Phi) is 4.74. The highest BCUT2D eigenvalue weighted by molar-refractivity contribution is 4.86. The van der Waals surface area contributed by atoms with E-state index in [-0.39, 0.29) is 0 Å². The Balaban J connectivity index is 4.19. The smallest absolute Gasteiger partial charge is 0.0175 e. The average molecular weight is 157 g/mol. The van der Waals surface area contributed by atoms with Gasteiger partial charge < -0.3 is 5.32 Å². The van der Waals surface area contributed by atoms with Crippen molar-refractivity contribution in [1.29, 1.82) is 0 Å². The third-order valence-electron chi connectivity index (χ3n) is 3.19. The zero-order chi connectivity index (χ0) is 8.91. The monoisotopic (exact) mass is 157 g/mol.